The van der Waals surface area contributed by atoms with E-state index in [2.05, 4.69) is 19.2 Å². The van der Waals surface area contributed by atoms with Crippen molar-refractivity contribution in [3.63, 3.8) is 0 Å². The average molecular weight is 416 g/mol. The average Bonchev–Trinajstić information content (AvgIpc) is 2.70. The molecule has 1 atom stereocenters. The monoisotopic (exact) mass is 415 g/mol. The van der Waals surface area contributed by atoms with E-state index in [0.717, 1.165) is 10.6 Å². The number of nitrogen functional groups attached to an aromatic ring is 1. The van der Waals surface area contributed by atoms with Crippen molar-refractivity contribution in [2.75, 3.05) is 18.2 Å². The largest absolute Gasteiger partial charge is 0.492 e. The lowest BCUT2D eigenvalue weighted by molar-refractivity contribution is -0.142. The number of aliphatic carboxylic acids is 1. The summed E-state index contributed by atoms with van der Waals surface area (Å²) in [7, 11) is 0. The van der Waals surface area contributed by atoms with E-state index in [9.17, 15) is 9.90 Å². The second-order valence-electron chi connectivity index (χ2n) is 7.25. The molecule has 0 radical (unpaired) electrons. The summed E-state index contributed by atoms with van der Waals surface area (Å²) in [5.41, 5.74) is 6.10. The van der Waals surface area contributed by atoms with Crippen molar-refractivity contribution in [2.45, 2.75) is 37.6 Å². The predicted octanol–water partition coefficient (Wildman–Crippen LogP) is 4.53. The van der Waals surface area contributed by atoms with Crippen LogP contribution < -0.4 is 15.8 Å². The number of hydrogen-bond donors (Lipinski definition) is 4. The number of nitrogens with one attached hydrogen (secondary N) is 2. The summed E-state index contributed by atoms with van der Waals surface area (Å²) in [6.45, 7) is 6.61. The topological polar surface area (TPSA) is 108 Å². The number of rotatable bonds is 10. The SMILES string of the molecule is CCC(Nc1ccc(C(=N)N)cc1)(C(=O)O)c1ccc(OCC(C)C)c(SC)c1. The van der Waals surface area contributed by atoms with Gasteiger partial charge in [0.05, 0.1) is 6.61 Å². The quantitative estimate of drug-likeness (QED) is 0.258. The van der Waals surface area contributed by atoms with Crippen LogP contribution in [0.3, 0.4) is 0 Å². The van der Waals surface area contributed by atoms with Crippen molar-refractivity contribution in [1.82, 2.24) is 0 Å². The summed E-state index contributed by atoms with van der Waals surface area (Å²) in [6, 6.07) is 12.4. The molecule has 2 aromatic rings. The molecular weight excluding hydrogens is 386 g/mol. The Morgan fingerprint density at radius 3 is 2.41 bits per heavy atom. The van der Waals surface area contributed by atoms with Crippen LogP contribution in [0.15, 0.2) is 47.4 Å². The van der Waals surface area contributed by atoms with Crippen molar-refractivity contribution >= 4 is 29.3 Å². The van der Waals surface area contributed by atoms with E-state index in [1.807, 2.05) is 31.4 Å². The third-order valence-electron chi connectivity index (χ3n) is 4.68. The minimum absolute atomic E-state index is 0.0295. The molecule has 0 aliphatic heterocycles. The summed E-state index contributed by atoms with van der Waals surface area (Å²) in [5.74, 6) is 0.172. The van der Waals surface area contributed by atoms with Crippen molar-refractivity contribution in [3.8, 4) is 5.75 Å². The summed E-state index contributed by atoms with van der Waals surface area (Å²) >= 11 is 1.53. The predicted molar refractivity (Wildman–Crippen MR) is 119 cm³/mol. The molecule has 1 unspecified atom stereocenters. The molecule has 0 bridgehead atoms. The van der Waals surface area contributed by atoms with E-state index in [1.54, 1.807) is 24.3 Å². The molecule has 2 rings (SSSR count). The van der Waals surface area contributed by atoms with Crippen molar-refractivity contribution in [3.05, 3.63) is 53.6 Å². The molecule has 6 nitrogen and oxygen atoms in total. The zero-order chi connectivity index (χ0) is 21.6. The number of carboxylic acid groups (broad SMARTS) is 1. The number of nitrogens with two attached hydrogens (primary N) is 1. The zero-order valence-electron chi connectivity index (χ0n) is 17.3. The Balaban J connectivity index is 2.42. The number of benzene rings is 2. The number of amidine groups is 1. The second kappa shape index (κ2) is 9.69. The number of hydrogen-bond acceptors (Lipinski definition) is 5. The van der Waals surface area contributed by atoms with Gasteiger partial charge in [-0.05, 0) is 60.6 Å². The first-order valence-electron chi connectivity index (χ1n) is 9.50. The minimum Gasteiger partial charge on any atom is -0.492 e. The Labute approximate surface area is 176 Å². The van der Waals surface area contributed by atoms with E-state index >= 15 is 0 Å². The fourth-order valence-electron chi connectivity index (χ4n) is 2.98. The first kappa shape index (κ1) is 22.6. The third kappa shape index (κ3) is 5.23. The Bertz CT molecular complexity index is 868. The van der Waals surface area contributed by atoms with E-state index in [-0.39, 0.29) is 5.84 Å². The van der Waals surface area contributed by atoms with Crippen LogP contribution in [0.2, 0.25) is 0 Å². The van der Waals surface area contributed by atoms with Gasteiger partial charge in [0.15, 0.2) is 5.54 Å². The van der Waals surface area contributed by atoms with Crippen LogP contribution in [-0.2, 0) is 10.3 Å². The summed E-state index contributed by atoms with van der Waals surface area (Å²) in [5, 5.41) is 20.8. The van der Waals surface area contributed by atoms with Crippen LogP contribution in [0.1, 0.15) is 38.3 Å². The normalized spacial score (nSPS) is 13.0. The van der Waals surface area contributed by atoms with Gasteiger partial charge >= 0.3 is 5.97 Å². The van der Waals surface area contributed by atoms with Gasteiger partial charge in [-0.3, -0.25) is 5.41 Å². The first-order valence-corrected chi connectivity index (χ1v) is 10.7. The van der Waals surface area contributed by atoms with Gasteiger partial charge < -0.3 is 20.9 Å². The molecule has 0 saturated carbocycles. The van der Waals surface area contributed by atoms with Gasteiger partial charge in [0.25, 0.3) is 0 Å². The molecule has 0 fully saturated rings. The molecule has 156 valence electrons. The van der Waals surface area contributed by atoms with Crippen LogP contribution in [0.25, 0.3) is 0 Å². The molecule has 0 spiro atoms. The Kier molecular flexibility index (Phi) is 7.56. The first-order chi connectivity index (χ1) is 13.7. The summed E-state index contributed by atoms with van der Waals surface area (Å²) in [4.78, 5) is 13.3. The third-order valence-corrected chi connectivity index (χ3v) is 5.44. The lowest BCUT2D eigenvalue weighted by atomic mass is 9.86. The lowest BCUT2D eigenvalue weighted by Gasteiger charge is -2.32. The molecule has 0 aromatic heterocycles. The molecule has 0 aliphatic carbocycles. The molecule has 2 aromatic carbocycles. The van der Waals surface area contributed by atoms with Crippen LogP contribution in [0, 0.1) is 11.3 Å². The van der Waals surface area contributed by atoms with Crippen molar-refractivity contribution in [1.29, 1.82) is 5.41 Å². The molecule has 0 aliphatic rings. The van der Waals surface area contributed by atoms with Crippen molar-refractivity contribution in [2.24, 2.45) is 11.7 Å². The number of ether oxygens (including phenoxy) is 1. The standard InChI is InChI=1S/C22H29N3O3S/c1-5-22(21(26)27,25-17-9-6-15(7-10-17)20(23)24)16-8-11-18(19(12-16)29-4)28-13-14(2)3/h6-12,14,25H,5,13H2,1-4H3,(H3,23,24)(H,26,27). The van der Waals surface area contributed by atoms with Gasteiger partial charge in [-0.1, -0.05) is 26.8 Å². The van der Waals surface area contributed by atoms with Crippen LogP contribution >= 0.6 is 11.8 Å². The van der Waals surface area contributed by atoms with E-state index in [4.69, 9.17) is 15.9 Å². The number of carboxylic acids is 1. The smallest absolute Gasteiger partial charge is 0.334 e. The Morgan fingerprint density at radius 2 is 1.93 bits per heavy atom. The van der Waals surface area contributed by atoms with E-state index < -0.39 is 11.5 Å². The van der Waals surface area contributed by atoms with Gasteiger partial charge in [-0.25, -0.2) is 4.79 Å². The maximum absolute atomic E-state index is 12.4. The fraction of sp³-hybridized carbons (Fsp3) is 0.364. The van der Waals surface area contributed by atoms with E-state index in [0.29, 0.717) is 35.8 Å². The molecular formula is C22H29N3O3S. The lowest BCUT2D eigenvalue weighted by Crippen LogP contribution is -2.43. The second-order valence-corrected chi connectivity index (χ2v) is 8.10. The van der Waals surface area contributed by atoms with Crippen LogP contribution in [-0.4, -0.2) is 29.8 Å². The number of anilines is 1. The van der Waals surface area contributed by atoms with Gasteiger partial charge in [-0.15, -0.1) is 11.8 Å². The molecule has 29 heavy (non-hydrogen) atoms. The van der Waals surface area contributed by atoms with Gasteiger partial charge in [-0.2, -0.15) is 0 Å². The number of thioether (sulfide) groups is 1. The fourth-order valence-corrected chi connectivity index (χ4v) is 3.55. The molecule has 0 heterocycles. The minimum atomic E-state index is -1.29. The highest BCUT2D eigenvalue weighted by molar-refractivity contribution is 7.98. The maximum atomic E-state index is 12.4. The maximum Gasteiger partial charge on any atom is 0.334 e. The summed E-state index contributed by atoms with van der Waals surface area (Å²) < 4.78 is 5.88. The Hall–Kier alpha value is -2.67. The van der Waals surface area contributed by atoms with Gasteiger partial charge in [0, 0.05) is 16.1 Å². The van der Waals surface area contributed by atoms with Gasteiger partial charge in [0.2, 0.25) is 0 Å². The number of carbonyl (C=O) groups is 1. The van der Waals surface area contributed by atoms with Crippen molar-refractivity contribution < 1.29 is 14.6 Å². The Morgan fingerprint density at radius 1 is 1.28 bits per heavy atom. The molecule has 7 heteroatoms. The highest BCUT2D eigenvalue weighted by atomic mass is 32.2. The van der Waals surface area contributed by atoms with Crippen LogP contribution in [0.4, 0.5) is 5.69 Å². The summed E-state index contributed by atoms with van der Waals surface area (Å²) in [6.07, 6.45) is 2.29. The van der Waals surface area contributed by atoms with Crippen LogP contribution in [0.5, 0.6) is 5.75 Å². The highest BCUT2D eigenvalue weighted by Crippen LogP contribution is 2.36. The van der Waals surface area contributed by atoms with Gasteiger partial charge in [0.1, 0.15) is 11.6 Å². The zero-order valence-corrected chi connectivity index (χ0v) is 18.1. The molecule has 5 N–H and O–H groups in total. The molecule has 0 saturated heterocycles. The highest BCUT2D eigenvalue weighted by Gasteiger charge is 2.39. The molecule has 0 amide bonds. The van der Waals surface area contributed by atoms with E-state index in [1.165, 1.54) is 11.8 Å².